The number of nitrogens with one attached hydrogen (secondary N) is 2. The third-order valence-corrected chi connectivity index (χ3v) is 4.84. The van der Waals surface area contributed by atoms with E-state index in [9.17, 15) is 9.59 Å². The fourth-order valence-electron chi connectivity index (χ4n) is 1.97. The molecule has 0 spiro atoms. The van der Waals surface area contributed by atoms with E-state index in [-0.39, 0.29) is 24.2 Å². The summed E-state index contributed by atoms with van der Waals surface area (Å²) in [5.74, 6) is -0.316. The Morgan fingerprint density at radius 3 is 2.83 bits per heavy atom. The molecule has 3 heterocycles. The van der Waals surface area contributed by atoms with Gasteiger partial charge in [-0.3, -0.25) is 14.0 Å². The van der Waals surface area contributed by atoms with Gasteiger partial charge in [-0.2, -0.15) is 0 Å². The molecule has 0 aliphatic heterocycles. The molecule has 0 unspecified atom stereocenters. The Morgan fingerprint density at radius 1 is 1.25 bits per heavy atom. The van der Waals surface area contributed by atoms with Crippen LogP contribution in [0.1, 0.15) is 25.2 Å². The number of hydrogen-bond donors (Lipinski definition) is 2. The molecular formula is C15H17N5O2S2. The summed E-state index contributed by atoms with van der Waals surface area (Å²) in [4.78, 5) is 33.2. The van der Waals surface area contributed by atoms with E-state index in [0.717, 1.165) is 10.7 Å². The third kappa shape index (κ3) is 3.98. The molecular weight excluding hydrogens is 346 g/mol. The molecule has 0 aliphatic carbocycles. The van der Waals surface area contributed by atoms with Crippen molar-refractivity contribution in [3.8, 4) is 0 Å². The van der Waals surface area contributed by atoms with Crippen LogP contribution in [0.2, 0.25) is 0 Å². The van der Waals surface area contributed by atoms with Crippen molar-refractivity contribution in [1.29, 1.82) is 0 Å². The van der Waals surface area contributed by atoms with Gasteiger partial charge in [-0.15, -0.1) is 22.7 Å². The maximum absolute atomic E-state index is 12.0. The van der Waals surface area contributed by atoms with Crippen molar-refractivity contribution in [3.63, 3.8) is 0 Å². The Labute approximate surface area is 146 Å². The first-order chi connectivity index (χ1) is 11.5. The van der Waals surface area contributed by atoms with Gasteiger partial charge in [0, 0.05) is 29.1 Å². The number of amides is 2. The predicted molar refractivity (Wildman–Crippen MR) is 94.2 cm³/mol. The van der Waals surface area contributed by atoms with E-state index in [1.807, 2.05) is 36.0 Å². The monoisotopic (exact) mass is 363 g/mol. The molecule has 0 saturated carbocycles. The number of thiazole rings is 2. The third-order valence-electron chi connectivity index (χ3n) is 3.26. The molecule has 0 saturated heterocycles. The highest BCUT2D eigenvalue weighted by Crippen LogP contribution is 2.17. The van der Waals surface area contributed by atoms with Crippen molar-refractivity contribution < 1.29 is 9.59 Å². The van der Waals surface area contributed by atoms with Crippen molar-refractivity contribution in [3.05, 3.63) is 34.5 Å². The van der Waals surface area contributed by atoms with Crippen LogP contribution in [0.5, 0.6) is 0 Å². The van der Waals surface area contributed by atoms with Crippen LogP contribution in [0.25, 0.3) is 4.96 Å². The second-order valence-corrected chi connectivity index (χ2v) is 7.30. The lowest BCUT2D eigenvalue weighted by Gasteiger charge is -2.03. The summed E-state index contributed by atoms with van der Waals surface area (Å²) in [6.45, 7) is 4.02. The second kappa shape index (κ2) is 7.10. The van der Waals surface area contributed by atoms with Crippen LogP contribution in [0, 0.1) is 5.92 Å². The Morgan fingerprint density at radius 2 is 2.08 bits per heavy atom. The molecule has 0 radical (unpaired) electrons. The molecule has 0 atom stereocenters. The highest BCUT2D eigenvalue weighted by molar-refractivity contribution is 7.15. The number of carbonyl (C=O) groups excluding carboxylic acids is 2. The molecule has 3 aromatic rings. The van der Waals surface area contributed by atoms with Gasteiger partial charge in [0.2, 0.25) is 11.8 Å². The number of fused-ring (bicyclic) bond motifs is 1. The first kappa shape index (κ1) is 16.6. The summed E-state index contributed by atoms with van der Waals surface area (Å²) in [6.07, 6.45) is 4.01. The standard InChI is InChI=1S/C15H17N5O2S2/c1-9(2)13(22)19-14-17-10(8-24-14)5-12(21)16-6-11-7-20-3-4-23-15(20)18-11/h3-4,7-9H,5-6H2,1-2H3,(H,16,21)(H,17,19,22). The van der Waals surface area contributed by atoms with Crippen LogP contribution in [-0.4, -0.2) is 26.2 Å². The number of imidazole rings is 1. The number of carbonyl (C=O) groups is 2. The lowest BCUT2D eigenvalue weighted by molar-refractivity contribution is -0.120. The summed E-state index contributed by atoms with van der Waals surface area (Å²) in [6, 6.07) is 0. The molecule has 0 bridgehead atoms. The average Bonchev–Trinajstić information content (AvgIpc) is 3.21. The molecule has 2 amide bonds. The summed E-state index contributed by atoms with van der Waals surface area (Å²) >= 11 is 2.87. The van der Waals surface area contributed by atoms with E-state index in [4.69, 9.17) is 0 Å². The van der Waals surface area contributed by atoms with Crippen LogP contribution in [0.4, 0.5) is 5.13 Å². The summed E-state index contributed by atoms with van der Waals surface area (Å²) < 4.78 is 1.93. The van der Waals surface area contributed by atoms with Gasteiger partial charge >= 0.3 is 0 Å². The Kier molecular flexibility index (Phi) is 4.91. The maximum Gasteiger partial charge on any atom is 0.228 e. The Bertz CT molecular complexity index is 836. The van der Waals surface area contributed by atoms with Crippen molar-refractivity contribution in [2.45, 2.75) is 26.8 Å². The molecule has 0 aliphatic rings. The lowest BCUT2D eigenvalue weighted by atomic mass is 10.2. The lowest BCUT2D eigenvalue weighted by Crippen LogP contribution is -2.25. The first-order valence-corrected chi connectivity index (χ1v) is 9.20. The predicted octanol–water partition coefficient (Wildman–Crippen LogP) is 2.31. The van der Waals surface area contributed by atoms with E-state index in [2.05, 4.69) is 20.6 Å². The van der Waals surface area contributed by atoms with Crippen LogP contribution in [0.3, 0.4) is 0 Å². The maximum atomic E-state index is 12.0. The molecule has 7 nitrogen and oxygen atoms in total. The molecule has 0 aromatic carbocycles. The molecule has 2 N–H and O–H groups in total. The van der Waals surface area contributed by atoms with E-state index in [0.29, 0.717) is 17.4 Å². The minimum absolute atomic E-state index is 0.0832. The van der Waals surface area contributed by atoms with Crippen molar-refractivity contribution >= 4 is 44.6 Å². The minimum Gasteiger partial charge on any atom is -0.350 e. The summed E-state index contributed by atoms with van der Waals surface area (Å²) in [5, 5.41) is 9.82. The van der Waals surface area contributed by atoms with E-state index < -0.39 is 0 Å². The van der Waals surface area contributed by atoms with E-state index in [1.54, 1.807) is 16.7 Å². The van der Waals surface area contributed by atoms with Gasteiger partial charge < -0.3 is 10.6 Å². The molecule has 9 heteroatoms. The number of anilines is 1. The largest absolute Gasteiger partial charge is 0.350 e. The smallest absolute Gasteiger partial charge is 0.228 e. The zero-order valence-corrected chi connectivity index (χ0v) is 14.9. The highest BCUT2D eigenvalue weighted by Gasteiger charge is 2.12. The fourth-order valence-corrected chi connectivity index (χ4v) is 3.40. The van der Waals surface area contributed by atoms with Gasteiger partial charge in [-0.1, -0.05) is 13.8 Å². The van der Waals surface area contributed by atoms with Gasteiger partial charge in [0.15, 0.2) is 10.1 Å². The summed E-state index contributed by atoms with van der Waals surface area (Å²) in [7, 11) is 0. The minimum atomic E-state index is -0.126. The molecule has 0 fully saturated rings. The fraction of sp³-hybridized carbons (Fsp3) is 0.333. The molecule has 126 valence electrons. The van der Waals surface area contributed by atoms with Gasteiger partial charge in [0.25, 0.3) is 0 Å². The number of nitrogens with zero attached hydrogens (tertiary/aromatic N) is 3. The highest BCUT2D eigenvalue weighted by atomic mass is 32.1. The van der Waals surface area contributed by atoms with Crippen LogP contribution < -0.4 is 10.6 Å². The van der Waals surface area contributed by atoms with Gasteiger partial charge in [0.1, 0.15) is 0 Å². The molecule has 24 heavy (non-hydrogen) atoms. The van der Waals surface area contributed by atoms with Crippen molar-refractivity contribution in [2.24, 2.45) is 5.92 Å². The van der Waals surface area contributed by atoms with E-state index >= 15 is 0 Å². The van der Waals surface area contributed by atoms with Crippen molar-refractivity contribution in [1.82, 2.24) is 19.7 Å². The topological polar surface area (TPSA) is 88.4 Å². The van der Waals surface area contributed by atoms with Gasteiger partial charge in [0.05, 0.1) is 24.4 Å². The number of hydrogen-bond acceptors (Lipinski definition) is 6. The van der Waals surface area contributed by atoms with Gasteiger partial charge in [-0.25, -0.2) is 9.97 Å². The molecule has 3 aromatic heterocycles. The average molecular weight is 363 g/mol. The van der Waals surface area contributed by atoms with Crippen LogP contribution in [-0.2, 0) is 22.6 Å². The van der Waals surface area contributed by atoms with E-state index in [1.165, 1.54) is 11.3 Å². The van der Waals surface area contributed by atoms with Crippen LogP contribution in [0.15, 0.2) is 23.2 Å². The SMILES string of the molecule is CC(C)C(=O)Nc1nc(CC(=O)NCc2cn3ccsc3n2)cs1. The number of rotatable bonds is 6. The zero-order valence-electron chi connectivity index (χ0n) is 13.3. The Hall–Kier alpha value is -2.26. The summed E-state index contributed by atoms with van der Waals surface area (Å²) in [5.41, 5.74) is 1.46. The number of aromatic nitrogens is 3. The quantitative estimate of drug-likeness (QED) is 0.703. The van der Waals surface area contributed by atoms with Crippen molar-refractivity contribution in [2.75, 3.05) is 5.32 Å². The second-order valence-electron chi connectivity index (χ2n) is 5.57. The van der Waals surface area contributed by atoms with Gasteiger partial charge in [-0.05, 0) is 0 Å². The zero-order chi connectivity index (χ0) is 17.1. The van der Waals surface area contributed by atoms with Crippen LogP contribution >= 0.6 is 22.7 Å². The first-order valence-electron chi connectivity index (χ1n) is 7.44. The molecule has 3 rings (SSSR count). The normalized spacial score (nSPS) is 11.1. The Balaban J connectivity index is 1.50.